The number of Topliss-reactive ketones (excluding diaryl/α,β-unsaturated/α-hetero) is 1. The second kappa shape index (κ2) is 4.84. The highest BCUT2D eigenvalue weighted by Crippen LogP contribution is 2.37. The number of nitrogens with zero attached hydrogens (tertiary/aromatic N) is 1. The number of fused-ring (bicyclic) bond motifs is 1. The molecule has 1 saturated carbocycles. The lowest BCUT2D eigenvalue weighted by molar-refractivity contribution is -0.123. The number of aliphatic hydroxyl groups excluding tert-OH is 1. The maximum absolute atomic E-state index is 11.8. The first-order valence-corrected chi connectivity index (χ1v) is 6.55. The second-order valence-corrected chi connectivity index (χ2v) is 5.54. The SMILES string of the molecule is CCC(C)C(=O)CN1CC2CCC(O)C2C1. The molecule has 0 amide bonds. The molecule has 0 aromatic rings. The number of hydrogen-bond acceptors (Lipinski definition) is 3. The lowest BCUT2D eigenvalue weighted by Gasteiger charge is -2.18. The fraction of sp³-hybridized carbons (Fsp3) is 0.923. The van der Waals surface area contributed by atoms with Crippen LogP contribution in [0.5, 0.6) is 0 Å². The van der Waals surface area contributed by atoms with Gasteiger partial charge in [-0.15, -0.1) is 0 Å². The number of aliphatic hydroxyl groups is 1. The Balaban J connectivity index is 1.83. The summed E-state index contributed by atoms with van der Waals surface area (Å²) in [4.78, 5) is 14.1. The maximum Gasteiger partial charge on any atom is 0.149 e. The zero-order valence-electron chi connectivity index (χ0n) is 10.4. The Bertz CT molecular complexity index is 267. The van der Waals surface area contributed by atoms with Crippen molar-refractivity contribution in [3.05, 3.63) is 0 Å². The summed E-state index contributed by atoms with van der Waals surface area (Å²) in [6.07, 6.45) is 2.92. The highest BCUT2D eigenvalue weighted by atomic mass is 16.3. The molecule has 1 saturated heterocycles. The van der Waals surface area contributed by atoms with Crippen LogP contribution in [0.1, 0.15) is 33.1 Å². The van der Waals surface area contributed by atoms with E-state index in [-0.39, 0.29) is 12.0 Å². The molecule has 1 heterocycles. The summed E-state index contributed by atoms with van der Waals surface area (Å²) in [5.74, 6) is 1.62. The summed E-state index contributed by atoms with van der Waals surface area (Å²) < 4.78 is 0. The van der Waals surface area contributed by atoms with Gasteiger partial charge in [0, 0.05) is 24.9 Å². The van der Waals surface area contributed by atoms with E-state index in [1.54, 1.807) is 0 Å². The van der Waals surface area contributed by atoms with Crippen molar-refractivity contribution < 1.29 is 9.90 Å². The minimum absolute atomic E-state index is 0.117. The zero-order valence-corrected chi connectivity index (χ0v) is 10.4. The molecule has 1 N–H and O–H groups in total. The van der Waals surface area contributed by atoms with Crippen molar-refractivity contribution in [2.24, 2.45) is 17.8 Å². The number of carbonyl (C=O) groups excluding carboxylic acids is 1. The average molecular weight is 225 g/mol. The largest absolute Gasteiger partial charge is 0.393 e. The van der Waals surface area contributed by atoms with Gasteiger partial charge in [-0.05, 0) is 25.2 Å². The van der Waals surface area contributed by atoms with E-state index >= 15 is 0 Å². The molecular weight excluding hydrogens is 202 g/mol. The van der Waals surface area contributed by atoms with Crippen LogP contribution in [0.3, 0.4) is 0 Å². The lowest BCUT2D eigenvalue weighted by atomic mass is 10.00. The fourth-order valence-electron chi connectivity index (χ4n) is 3.06. The summed E-state index contributed by atoms with van der Waals surface area (Å²) >= 11 is 0. The van der Waals surface area contributed by atoms with Crippen molar-refractivity contribution in [3.63, 3.8) is 0 Å². The fourth-order valence-corrected chi connectivity index (χ4v) is 3.06. The van der Waals surface area contributed by atoms with Crippen LogP contribution in [0.25, 0.3) is 0 Å². The summed E-state index contributed by atoms with van der Waals surface area (Å²) in [6, 6.07) is 0. The summed E-state index contributed by atoms with van der Waals surface area (Å²) in [7, 11) is 0. The van der Waals surface area contributed by atoms with Gasteiger partial charge in [0.15, 0.2) is 0 Å². The first kappa shape index (κ1) is 12.1. The topological polar surface area (TPSA) is 40.5 Å². The van der Waals surface area contributed by atoms with E-state index in [9.17, 15) is 9.90 Å². The minimum Gasteiger partial charge on any atom is -0.393 e. The number of ketones is 1. The van der Waals surface area contributed by atoms with Crippen molar-refractivity contribution in [2.75, 3.05) is 19.6 Å². The van der Waals surface area contributed by atoms with Gasteiger partial charge in [-0.3, -0.25) is 9.69 Å². The minimum atomic E-state index is -0.117. The van der Waals surface area contributed by atoms with Crippen molar-refractivity contribution in [3.8, 4) is 0 Å². The molecule has 2 fully saturated rings. The van der Waals surface area contributed by atoms with Gasteiger partial charge in [-0.1, -0.05) is 13.8 Å². The van der Waals surface area contributed by atoms with E-state index in [0.29, 0.717) is 24.2 Å². The van der Waals surface area contributed by atoms with Gasteiger partial charge < -0.3 is 5.11 Å². The average Bonchev–Trinajstić information content (AvgIpc) is 2.80. The summed E-state index contributed by atoms with van der Waals surface area (Å²) in [5.41, 5.74) is 0. The van der Waals surface area contributed by atoms with Gasteiger partial charge in [0.25, 0.3) is 0 Å². The first-order chi connectivity index (χ1) is 7.61. The third-order valence-electron chi connectivity index (χ3n) is 4.44. The van der Waals surface area contributed by atoms with E-state index in [2.05, 4.69) is 11.8 Å². The molecule has 0 radical (unpaired) electrons. The molecule has 1 aliphatic carbocycles. The van der Waals surface area contributed by atoms with Gasteiger partial charge in [0.05, 0.1) is 12.6 Å². The highest BCUT2D eigenvalue weighted by molar-refractivity contribution is 5.82. The van der Waals surface area contributed by atoms with Crippen LogP contribution in [0.2, 0.25) is 0 Å². The third kappa shape index (κ3) is 2.30. The molecule has 0 aromatic carbocycles. The highest BCUT2D eigenvalue weighted by Gasteiger charge is 2.42. The molecule has 3 heteroatoms. The van der Waals surface area contributed by atoms with E-state index in [4.69, 9.17) is 0 Å². The van der Waals surface area contributed by atoms with Gasteiger partial charge in [0.1, 0.15) is 5.78 Å². The van der Waals surface area contributed by atoms with Crippen LogP contribution in [-0.2, 0) is 4.79 Å². The van der Waals surface area contributed by atoms with Crippen molar-refractivity contribution >= 4 is 5.78 Å². The van der Waals surface area contributed by atoms with E-state index in [0.717, 1.165) is 32.4 Å². The third-order valence-corrected chi connectivity index (χ3v) is 4.44. The molecule has 16 heavy (non-hydrogen) atoms. The molecule has 3 nitrogen and oxygen atoms in total. The standard InChI is InChI=1S/C13H23NO2/c1-3-9(2)13(16)8-14-6-10-4-5-12(15)11(10)7-14/h9-12,15H,3-8H2,1-2H3. The molecule has 0 bridgehead atoms. The van der Waals surface area contributed by atoms with Gasteiger partial charge in [-0.25, -0.2) is 0 Å². The monoisotopic (exact) mass is 225 g/mol. The van der Waals surface area contributed by atoms with Gasteiger partial charge in [-0.2, -0.15) is 0 Å². The first-order valence-electron chi connectivity index (χ1n) is 6.55. The smallest absolute Gasteiger partial charge is 0.149 e. The Morgan fingerprint density at radius 1 is 1.44 bits per heavy atom. The molecule has 1 aliphatic heterocycles. The number of likely N-dealkylation sites (tertiary alicyclic amines) is 1. The lowest BCUT2D eigenvalue weighted by Crippen LogP contribution is -2.32. The normalized spacial score (nSPS) is 36.3. The molecule has 4 atom stereocenters. The van der Waals surface area contributed by atoms with Crippen LogP contribution in [-0.4, -0.2) is 41.5 Å². The van der Waals surface area contributed by atoms with Crippen LogP contribution in [0.4, 0.5) is 0 Å². The maximum atomic E-state index is 11.8. The zero-order chi connectivity index (χ0) is 11.7. The number of rotatable bonds is 4. The van der Waals surface area contributed by atoms with Crippen LogP contribution in [0.15, 0.2) is 0 Å². The second-order valence-electron chi connectivity index (χ2n) is 5.54. The Hall–Kier alpha value is -0.410. The summed E-state index contributed by atoms with van der Waals surface area (Å²) in [6.45, 7) is 6.60. The Morgan fingerprint density at radius 2 is 2.19 bits per heavy atom. The Morgan fingerprint density at radius 3 is 2.81 bits per heavy atom. The number of carbonyl (C=O) groups is 1. The van der Waals surface area contributed by atoms with Crippen molar-refractivity contribution in [1.82, 2.24) is 4.90 Å². The van der Waals surface area contributed by atoms with E-state index in [1.807, 2.05) is 6.92 Å². The number of hydrogen-bond donors (Lipinski definition) is 1. The van der Waals surface area contributed by atoms with Crippen LogP contribution in [0, 0.1) is 17.8 Å². The molecule has 0 aromatic heterocycles. The quantitative estimate of drug-likeness (QED) is 0.784. The van der Waals surface area contributed by atoms with E-state index in [1.165, 1.54) is 0 Å². The molecule has 2 rings (SSSR count). The van der Waals surface area contributed by atoms with E-state index < -0.39 is 0 Å². The Kier molecular flexibility index (Phi) is 3.65. The van der Waals surface area contributed by atoms with Crippen LogP contribution < -0.4 is 0 Å². The predicted molar refractivity (Wildman–Crippen MR) is 63.1 cm³/mol. The van der Waals surface area contributed by atoms with Crippen molar-refractivity contribution in [1.29, 1.82) is 0 Å². The predicted octanol–water partition coefficient (Wildman–Crippen LogP) is 1.30. The summed E-state index contributed by atoms with van der Waals surface area (Å²) in [5, 5.41) is 9.80. The van der Waals surface area contributed by atoms with Crippen LogP contribution >= 0.6 is 0 Å². The molecule has 0 spiro atoms. The molecule has 2 aliphatic rings. The van der Waals surface area contributed by atoms with Crippen molar-refractivity contribution in [2.45, 2.75) is 39.2 Å². The molecular formula is C13H23NO2. The van der Waals surface area contributed by atoms with Gasteiger partial charge >= 0.3 is 0 Å². The van der Waals surface area contributed by atoms with Gasteiger partial charge in [0.2, 0.25) is 0 Å². The Labute approximate surface area is 97.8 Å². The molecule has 4 unspecified atom stereocenters. The molecule has 92 valence electrons.